The van der Waals surface area contributed by atoms with E-state index in [4.69, 9.17) is 5.11 Å². The van der Waals surface area contributed by atoms with Crippen LogP contribution in [-0.2, 0) is 4.79 Å². The van der Waals surface area contributed by atoms with Crippen LogP contribution in [0.4, 0.5) is 13.2 Å². The summed E-state index contributed by atoms with van der Waals surface area (Å²) in [5.74, 6) is -1.98. The van der Waals surface area contributed by atoms with Crippen LogP contribution in [0.2, 0.25) is 0 Å². The van der Waals surface area contributed by atoms with Crippen LogP contribution in [0, 0.1) is 0 Å². The van der Waals surface area contributed by atoms with Crippen LogP contribution in [0.3, 0.4) is 0 Å². The van der Waals surface area contributed by atoms with E-state index in [1.54, 1.807) is 6.07 Å². The number of carbonyl (C=O) groups is 1. The molecule has 0 atom stereocenters. The summed E-state index contributed by atoms with van der Waals surface area (Å²) >= 11 is 0. The fraction of sp³-hybridized carbons (Fsp3) is 0.100. The Hall–Kier alpha value is -1.78. The molecule has 5 heteroatoms. The highest BCUT2D eigenvalue weighted by molar-refractivity contribution is 5.93. The van der Waals surface area contributed by atoms with E-state index in [-0.39, 0.29) is 5.56 Å². The Morgan fingerprint density at radius 3 is 2.13 bits per heavy atom. The van der Waals surface area contributed by atoms with Crippen molar-refractivity contribution < 1.29 is 23.1 Å². The molecular weight excluding hydrogens is 209 g/mol. The molecule has 1 N–H and O–H groups in total. The number of alkyl halides is 3. The number of rotatable bonds is 2. The second kappa shape index (κ2) is 4.16. The summed E-state index contributed by atoms with van der Waals surface area (Å²) in [6, 6.07) is 7.48. The number of carboxylic acid groups (broad SMARTS) is 1. The maximum atomic E-state index is 12.2. The second-order valence-corrected chi connectivity index (χ2v) is 2.77. The monoisotopic (exact) mass is 216 g/mol. The average molecular weight is 216 g/mol. The van der Waals surface area contributed by atoms with Gasteiger partial charge in [0.15, 0.2) is 0 Å². The summed E-state index contributed by atoms with van der Waals surface area (Å²) < 4.78 is 36.6. The first-order valence-corrected chi connectivity index (χ1v) is 3.98. The zero-order chi connectivity index (χ0) is 11.5. The highest BCUT2D eigenvalue weighted by Crippen LogP contribution is 2.27. The summed E-state index contributed by atoms with van der Waals surface area (Å²) in [7, 11) is 0. The van der Waals surface area contributed by atoms with Gasteiger partial charge in [0, 0.05) is 0 Å². The van der Waals surface area contributed by atoms with Crippen molar-refractivity contribution in [3.05, 3.63) is 41.5 Å². The molecule has 0 spiro atoms. The summed E-state index contributed by atoms with van der Waals surface area (Å²) in [4.78, 5) is 10.4. The molecule has 0 fully saturated rings. The molecule has 0 amide bonds. The summed E-state index contributed by atoms with van der Waals surface area (Å²) in [6.07, 6.45) is -4.25. The number of aliphatic carboxylic acids is 1. The van der Waals surface area contributed by atoms with Gasteiger partial charge in [-0.05, 0) is 11.6 Å². The van der Waals surface area contributed by atoms with Crippen LogP contribution in [0.1, 0.15) is 5.56 Å². The van der Waals surface area contributed by atoms with Crippen molar-refractivity contribution in [3.8, 4) is 0 Å². The molecule has 2 nitrogen and oxygen atoms in total. The molecule has 0 bridgehead atoms. The first-order chi connectivity index (χ1) is 6.91. The van der Waals surface area contributed by atoms with Crippen LogP contribution in [0.5, 0.6) is 0 Å². The molecule has 0 saturated carbocycles. The molecule has 15 heavy (non-hydrogen) atoms. The lowest BCUT2D eigenvalue weighted by Crippen LogP contribution is -2.19. The maximum Gasteiger partial charge on any atom is 0.423 e. The molecule has 0 aromatic heterocycles. The van der Waals surface area contributed by atoms with Gasteiger partial charge in [-0.25, -0.2) is 4.79 Å². The van der Waals surface area contributed by atoms with Gasteiger partial charge in [0.05, 0.1) is 0 Å². The van der Waals surface area contributed by atoms with Gasteiger partial charge in [-0.2, -0.15) is 13.2 Å². The van der Waals surface area contributed by atoms with Gasteiger partial charge < -0.3 is 5.11 Å². The van der Waals surface area contributed by atoms with Crippen LogP contribution in [0.25, 0.3) is 6.08 Å². The van der Waals surface area contributed by atoms with Gasteiger partial charge >= 0.3 is 12.1 Å². The van der Waals surface area contributed by atoms with Gasteiger partial charge in [0.25, 0.3) is 0 Å². The Morgan fingerprint density at radius 1 is 1.20 bits per heavy atom. The first kappa shape index (κ1) is 11.3. The molecular formula is C10H7F3O2. The number of carboxylic acids is 1. The molecule has 0 aliphatic carbocycles. The average Bonchev–Trinajstić information content (AvgIpc) is 2.13. The summed E-state index contributed by atoms with van der Waals surface area (Å²) in [5.41, 5.74) is -1.37. The zero-order valence-electron chi connectivity index (χ0n) is 7.45. The van der Waals surface area contributed by atoms with E-state index in [1.807, 2.05) is 0 Å². The van der Waals surface area contributed by atoms with Gasteiger partial charge in [0.1, 0.15) is 5.57 Å². The molecule has 0 radical (unpaired) electrons. The van der Waals surface area contributed by atoms with Gasteiger partial charge in [-0.3, -0.25) is 0 Å². The van der Waals surface area contributed by atoms with Crippen molar-refractivity contribution in [2.45, 2.75) is 6.18 Å². The molecule has 80 valence electrons. The van der Waals surface area contributed by atoms with Gasteiger partial charge in [-0.1, -0.05) is 30.3 Å². The third-order valence-corrected chi connectivity index (χ3v) is 1.65. The van der Waals surface area contributed by atoms with Gasteiger partial charge in [-0.15, -0.1) is 0 Å². The van der Waals surface area contributed by atoms with E-state index in [1.165, 1.54) is 24.3 Å². The predicted octanol–water partition coefficient (Wildman–Crippen LogP) is 2.72. The van der Waals surface area contributed by atoms with Crippen molar-refractivity contribution in [1.29, 1.82) is 0 Å². The van der Waals surface area contributed by atoms with E-state index < -0.39 is 17.7 Å². The first-order valence-electron chi connectivity index (χ1n) is 3.98. The molecule has 0 heterocycles. The fourth-order valence-electron chi connectivity index (χ4n) is 0.981. The minimum absolute atomic E-state index is 0.201. The van der Waals surface area contributed by atoms with E-state index in [2.05, 4.69) is 0 Å². The number of hydrogen-bond donors (Lipinski definition) is 1. The third-order valence-electron chi connectivity index (χ3n) is 1.65. The summed E-state index contributed by atoms with van der Waals surface area (Å²) in [6.45, 7) is 0. The number of hydrogen-bond acceptors (Lipinski definition) is 1. The lowest BCUT2D eigenvalue weighted by Gasteiger charge is -2.06. The van der Waals surface area contributed by atoms with E-state index in [0.717, 1.165) is 0 Å². The number of halogens is 3. The van der Waals surface area contributed by atoms with Crippen LogP contribution < -0.4 is 0 Å². The highest BCUT2D eigenvalue weighted by atomic mass is 19.4. The maximum absolute atomic E-state index is 12.2. The standard InChI is InChI=1S/C10H7F3O2/c11-10(12,13)8(9(14)15)6-7-4-2-1-3-5-7/h1-6H,(H,14,15). The SMILES string of the molecule is O=C(O)C(=Cc1ccccc1)C(F)(F)F. The largest absolute Gasteiger partial charge is 0.478 e. The normalized spacial score (nSPS) is 12.6. The molecule has 0 saturated heterocycles. The van der Waals surface area contributed by atoms with Crippen LogP contribution >= 0.6 is 0 Å². The summed E-state index contributed by atoms with van der Waals surface area (Å²) in [5, 5.41) is 8.38. The Kier molecular flexibility index (Phi) is 3.14. The van der Waals surface area contributed by atoms with E-state index in [0.29, 0.717) is 6.08 Å². The van der Waals surface area contributed by atoms with Crippen LogP contribution in [-0.4, -0.2) is 17.3 Å². The van der Waals surface area contributed by atoms with Crippen molar-refractivity contribution in [1.82, 2.24) is 0 Å². The Labute approximate surface area is 83.7 Å². The van der Waals surface area contributed by atoms with Crippen molar-refractivity contribution >= 4 is 12.0 Å². The van der Waals surface area contributed by atoms with Crippen molar-refractivity contribution in [3.63, 3.8) is 0 Å². The Balaban J connectivity index is 3.12. The lowest BCUT2D eigenvalue weighted by atomic mass is 10.1. The predicted molar refractivity (Wildman–Crippen MR) is 48.1 cm³/mol. The minimum Gasteiger partial charge on any atom is -0.478 e. The third kappa shape index (κ3) is 3.12. The fourth-order valence-corrected chi connectivity index (χ4v) is 0.981. The number of benzene rings is 1. The Morgan fingerprint density at radius 2 is 1.73 bits per heavy atom. The molecule has 0 aliphatic rings. The minimum atomic E-state index is -4.85. The van der Waals surface area contributed by atoms with Crippen molar-refractivity contribution in [2.75, 3.05) is 0 Å². The van der Waals surface area contributed by atoms with Gasteiger partial charge in [0.2, 0.25) is 0 Å². The molecule has 1 aromatic carbocycles. The smallest absolute Gasteiger partial charge is 0.423 e. The molecule has 1 rings (SSSR count). The zero-order valence-corrected chi connectivity index (χ0v) is 7.45. The Bertz CT molecular complexity index is 379. The van der Waals surface area contributed by atoms with E-state index >= 15 is 0 Å². The topological polar surface area (TPSA) is 37.3 Å². The highest BCUT2D eigenvalue weighted by Gasteiger charge is 2.38. The van der Waals surface area contributed by atoms with Crippen LogP contribution in [0.15, 0.2) is 35.9 Å². The quantitative estimate of drug-likeness (QED) is 0.771. The molecule has 1 aromatic rings. The lowest BCUT2D eigenvalue weighted by molar-refractivity contribution is -0.144. The van der Waals surface area contributed by atoms with Crippen molar-refractivity contribution in [2.24, 2.45) is 0 Å². The van der Waals surface area contributed by atoms with E-state index in [9.17, 15) is 18.0 Å². The molecule has 0 aliphatic heterocycles. The second-order valence-electron chi connectivity index (χ2n) is 2.77. The molecule has 0 unspecified atom stereocenters.